The third kappa shape index (κ3) is 4.33. The van der Waals surface area contributed by atoms with Gasteiger partial charge in [-0.1, -0.05) is 0 Å². The lowest BCUT2D eigenvalue weighted by Gasteiger charge is -2.13. The van der Waals surface area contributed by atoms with Crippen LogP contribution in [0, 0.1) is 6.92 Å². The monoisotopic (exact) mass is 237 g/mol. The van der Waals surface area contributed by atoms with Crippen LogP contribution in [-0.2, 0) is 18.8 Å². The van der Waals surface area contributed by atoms with E-state index in [1.165, 1.54) is 0 Å². The molecule has 0 bridgehead atoms. The molecule has 15 heavy (non-hydrogen) atoms. The molecule has 1 heterocycles. The Morgan fingerprint density at radius 1 is 1.73 bits per heavy atom. The van der Waals surface area contributed by atoms with Gasteiger partial charge in [-0.3, -0.25) is 0 Å². The first-order valence-electron chi connectivity index (χ1n) is 4.09. The number of rotatable bonds is 4. The van der Waals surface area contributed by atoms with Crippen LogP contribution in [-0.4, -0.2) is 35.3 Å². The molecule has 0 aromatic rings. The molecule has 2 radical (unpaired) electrons. The first kappa shape index (κ1) is 12.7. The highest BCUT2D eigenvalue weighted by molar-refractivity contribution is 8.09. The molecular formula is C7H11NO6S. The summed E-state index contributed by atoms with van der Waals surface area (Å²) in [5.74, 6) is 4.50. The second kappa shape index (κ2) is 6.26. The molecule has 0 amide bonds. The fourth-order valence-corrected chi connectivity index (χ4v) is 1.34. The van der Waals surface area contributed by atoms with Crippen LogP contribution in [0.25, 0.3) is 0 Å². The van der Waals surface area contributed by atoms with Gasteiger partial charge in [-0.25, -0.2) is 4.79 Å². The summed E-state index contributed by atoms with van der Waals surface area (Å²) in [5, 5.41) is 8.62. The van der Waals surface area contributed by atoms with Gasteiger partial charge in [0.15, 0.2) is 12.0 Å². The third-order valence-electron chi connectivity index (χ3n) is 1.76. The van der Waals surface area contributed by atoms with Crippen molar-refractivity contribution in [2.24, 2.45) is 5.90 Å². The summed E-state index contributed by atoms with van der Waals surface area (Å²) >= 11 is 0.285. The van der Waals surface area contributed by atoms with E-state index in [2.05, 4.69) is 20.0 Å². The molecule has 1 rings (SSSR count). The van der Waals surface area contributed by atoms with Gasteiger partial charge in [0.2, 0.25) is 0 Å². The average Bonchev–Trinajstić information content (AvgIpc) is 2.51. The van der Waals surface area contributed by atoms with Crippen molar-refractivity contribution in [3.8, 4) is 0 Å². The lowest BCUT2D eigenvalue weighted by atomic mass is 10.1. The Morgan fingerprint density at radius 2 is 2.47 bits per heavy atom. The van der Waals surface area contributed by atoms with Gasteiger partial charge in [0.1, 0.15) is 12.7 Å². The zero-order valence-electron chi connectivity index (χ0n) is 7.70. The van der Waals surface area contributed by atoms with Crippen molar-refractivity contribution < 1.29 is 28.7 Å². The number of hydrogen-bond donors (Lipinski definition) is 2. The van der Waals surface area contributed by atoms with Crippen LogP contribution in [0.2, 0.25) is 0 Å². The molecule has 1 saturated heterocycles. The lowest BCUT2D eigenvalue weighted by Crippen LogP contribution is -2.27. The van der Waals surface area contributed by atoms with Crippen molar-refractivity contribution in [3.05, 3.63) is 6.92 Å². The maximum Gasteiger partial charge on any atom is 0.397 e. The predicted molar refractivity (Wildman–Crippen MR) is 48.9 cm³/mol. The lowest BCUT2D eigenvalue weighted by molar-refractivity contribution is -0.194. The Balaban J connectivity index is 2.16. The topological polar surface area (TPSA) is 100 Å². The summed E-state index contributed by atoms with van der Waals surface area (Å²) in [6, 6.07) is 0. The molecular weight excluding hydrogens is 226 g/mol. The number of aliphatic hydroxyl groups is 1. The number of carbonyl (C=O) groups is 1. The molecule has 0 spiro atoms. The second-order valence-corrected chi connectivity index (χ2v) is 3.46. The van der Waals surface area contributed by atoms with E-state index in [-0.39, 0.29) is 18.6 Å². The first-order valence-corrected chi connectivity index (χ1v) is 4.83. The van der Waals surface area contributed by atoms with Gasteiger partial charge < -0.3 is 14.6 Å². The number of nitrogens with two attached hydrogens (primary N) is 1. The van der Waals surface area contributed by atoms with Crippen LogP contribution >= 0.6 is 12.0 Å². The SMILES string of the molecule is [CH][C@H]1C[C@@H](O)[C@@H](COC(=O)SOON)O1. The summed E-state index contributed by atoms with van der Waals surface area (Å²) in [5.41, 5.74) is 0. The molecule has 0 aromatic carbocycles. The van der Waals surface area contributed by atoms with E-state index in [9.17, 15) is 9.90 Å². The minimum absolute atomic E-state index is 0.103. The molecule has 0 saturated carbocycles. The van der Waals surface area contributed by atoms with Crippen molar-refractivity contribution in [1.29, 1.82) is 0 Å². The van der Waals surface area contributed by atoms with Gasteiger partial charge in [-0.15, -0.1) is 9.32 Å². The number of aliphatic hydroxyl groups excluding tert-OH is 1. The van der Waals surface area contributed by atoms with Gasteiger partial charge in [-0.2, -0.15) is 5.90 Å². The second-order valence-electron chi connectivity index (χ2n) is 2.82. The summed E-state index contributed by atoms with van der Waals surface area (Å²) < 4.78 is 13.8. The van der Waals surface area contributed by atoms with E-state index in [0.29, 0.717) is 6.42 Å². The van der Waals surface area contributed by atoms with Gasteiger partial charge in [0, 0.05) is 6.42 Å². The minimum atomic E-state index is -0.753. The molecule has 0 aliphatic carbocycles. The van der Waals surface area contributed by atoms with Crippen molar-refractivity contribution in [1.82, 2.24) is 0 Å². The summed E-state index contributed by atoms with van der Waals surface area (Å²) in [6.45, 7) is 5.31. The van der Waals surface area contributed by atoms with Crippen LogP contribution in [0.1, 0.15) is 6.42 Å². The maximum atomic E-state index is 10.9. The smallest absolute Gasteiger partial charge is 0.397 e. The van der Waals surface area contributed by atoms with Crippen LogP contribution in [0.3, 0.4) is 0 Å². The molecule has 0 aromatic heterocycles. The molecule has 7 nitrogen and oxygen atoms in total. The van der Waals surface area contributed by atoms with Crippen molar-refractivity contribution in [2.45, 2.75) is 24.7 Å². The van der Waals surface area contributed by atoms with Crippen LogP contribution in [0.5, 0.6) is 0 Å². The average molecular weight is 237 g/mol. The van der Waals surface area contributed by atoms with Crippen LogP contribution < -0.4 is 5.90 Å². The highest BCUT2D eigenvalue weighted by Gasteiger charge is 2.32. The van der Waals surface area contributed by atoms with Gasteiger partial charge >= 0.3 is 5.30 Å². The van der Waals surface area contributed by atoms with Gasteiger partial charge in [0.25, 0.3) is 0 Å². The number of carbonyl (C=O) groups excluding carboxylic acids is 1. The van der Waals surface area contributed by atoms with Crippen molar-refractivity contribution in [3.63, 3.8) is 0 Å². The molecule has 0 unspecified atom stereocenters. The van der Waals surface area contributed by atoms with Crippen LogP contribution in [0.15, 0.2) is 0 Å². The largest absolute Gasteiger partial charge is 0.453 e. The Labute approximate surface area is 90.9 Å². The van der Waals surface area contributed by atoms with Crippen LogP contribution in [0.4, 0.5) is 4.79 Å². The van der Waals surface area contributed by atoms with E-state index in [1.54, 1.807) is 0 Å². The predicted octanol–water partition coefficient (Wildman–Crippen LogP) is -0.177. The van der Waals surface area contributed by atoms with Gasteiger partial charge in [0.05, 0.1) is 12.2 Å². The zero-order chi connectivity index (χ0) is 11.3. The highest BCUT2D eigenvalue weighted by Crippen LogP contribution is 2.20. The van der Waals surface area contributed by atoms with E-state index < -0.39 is 23.6 Å². The highest BCUT2D eigenvalue weighted by atomic mass is 32.2. The molecule has 3 N–H and O–H groups in total. The van der Waals surface area contributed by atoms with Gasteiger partial charge in [-0.05, 0) is 6.92 Å². The first-order chi connectivity index (χ1) is 7.13. The summed E-state index contributed by atoms with van der Waals surface area (Å²) in [6.07, 6.45) is -1.55. The molecule has 1 aliphatic rings. The zero-order valence-corrected chi connectivity index (χ0v) is 8.51. The molecule has 1 aliphatic heterocycles. The summed E-state index contributed by atoms with van der Waals surface area (Å²) in [7, 11) is 0. The van der Waals surface area contributed by atoms with Crippen molar-refractivity contribution in [2.75, 3.05) is 6.61 Å². The Kier molecular flexibility index (Phi) is 5.29. The van der Waals surface area contributed by atoms with E-state index >= 15 is 0 Å². The molecule has 86 valence electrons. The Bertz CT molecular complexity index is 216. The molecule has 3 atom stereocenters. The normalized spacial score (nSPS) is 30.5. The minimum Gasteiger partial charge on any atom is -0.453 e. The molecule has 1 fully saturated rings. The summed E-state index contributed by atoms with van der Waals surface area (Å²) in [4.78, 5) is 14.5. The molecule has 8 heteroatoms. The van der Waals surface area contributed by atoms with E-state index in [1.807, 2.05) is 0 Å². The third-order valence-corrected chi connectivity index (χ3v) is 2.16. The number of ether oxygens (including phenoxy) is 2. The number of hydrogen-bond acceptors (Lipinski definition) is 8. The maximum absolute atomic E-state index is 10.9. The van der Waals surface area contributed by atoms with E-state index in [4.69, 9.17) is 11.7 Å². The fraction of sp³-hybridized carbons (Fsp3) is 0.714. The Hall–Kier alpha value is -0.380. The quantitative estimate of drug-likeness (QED) is 0.300. The standard InChI is InChI=1S/C7H11NO6S/c1-4-2-5(9)6(12-4)3-11-7(10)15-14-13-8/h1,4-6,9H,2-3,8H2/t4-,5+,6+/m0/s1. The fourth-order valence-electron chi connectivity index (χ4n) is 1.13. The Morgan fingerprint density at radius 3 is 3.00 bits per heavy atom. The van der Waals surface area contributed by atoms with E-state index in [0.717, 1.165) is 0 Å². The van der Waals surface area contributed by atoms with Crippen molar-refractivity contribution >= 4 is 17.3 Å².